The summed E-state index contributed by atoms with van der Waals surface area (Å²) < 4.78 is 5.92. The van der Waals surface area contributed by atoms with Crippen molar-refractivity contribution in [3.63, 3.8) is 0 Å². The number of hydrogen-bond acceptors (Lipinski definition) is 2. The van der Waals surface area contributed by atoms with Crippen molar-refractivity contribution in [3.05, 3.63) is 47.5 Å². The molecule has 20 heavy (non-hydrogen) atoms. The lowest BCUT2D eigenvalue weighted by molar-refractivity contribution is -0.161. The van der Waals surface area contributed by atoms with Gasteiger partial charge in [0.15, 0.2) is 0 Å². The first-order chi connectivity index (χ1) is 9.46. The Morgan fingerprint density at radius 3 is 2.45 bits per heavy atom. The molecule has 1 aromatic rings. The molecule has 1 atom stereocenters. The molecule has 3 rings (SSSR count). The van der Waals surface area contributed by atoms with Crippen molar-refractivity contribution in [2.75, 3.05) is 0 Å². The fourth-order valence-corrected chi connectivity index (χ4v) is 3.53. The number of hydrogen-bond donors (Lipinski definition) is 0. The van der Waals surface area contributed by atoms with Crippen molar-refractivity contribution >= 4 is 5.97 Å². The fraction of sp³-hybridized carbons (Fsp3) is 0.500. The Labute approximate surface area is 120 Å². The van der Waals surface area contributed by atoms with E-state index in [9.17, 15) is 4.79 Å². The molecule has 1 fully saturated rings. The SMILES string of the molecule is C=C(C)C(=O)OC1(C)Cc2ccccc2CCC12CC2. The predicted molar refractivity (Wildman–Crippen MR) is 79.4 cm³/mol. The van der Waals surface area contributed by atoms with E-state index in [2.05, 4.69) is 37.8 Å². The van der Waals surface area contributed by atoms with Gasteiger partial charge in [0, 0.05) is 17.4 Å². The lowest BCUT2D eigenvalue weighted by atomic mass is 9.80. The van der Waals surface area contributed by atoms with Gasteiger partial charge < -0.3 is 4.74 Å². The molecule has 0 radical (unpaired) electrons. The summed E-state index contributed by atoms with van der Waals surface area (Å²) >= 11 is 0. The molecule has 2 aliphatic rings. The first-order valence-corrected chi connectivity index (χ1v) is 7.41. The van der Waals surface area contributed by atoms with Crippen LogP contribution >= 0.6 is 0 Å². The van der Waals surface area contributed by atoms with Crippen molar-refractivity contribution in [1.29, 1.82) is 0 Å². The largest absolute Gasteiger partial charge is 0.455 e. The van der Waals surface area contributed by atoms with Gasteiger partial charge in [0.2, 0.25) is 0 Å². The first kappa shape index (κ1) is 13.4. The molecule has 0 bridgehead atoms. The van der Waals surface area contributed by atoms with Gasteiger partial charge in [0.05, 0.1) is 0 Å². The predicted octanol–water partition coefficient (Wildman–Crippen LogP) is 3.83. The maximum atomic E-state index is 12.0. The second-order valence-electron chi connectivity index (χ2n) is 6.63. The van der Waals surface area contributed by atoms with Crippen LogP contribution in [0.4, 0.5) is 0 Å². The van der Waals surface area contributed by atoms with Gasteiger partial charge in [-0.25, -0.2) is 4.79 Å². The molecular weight excluding hydrogens is 248 g/mol. The van der Waals surface area contributed by atoms with Crippen molar-refractivity contribution < 1.29 is 9.53 Å². The average Bonchev–Trinajstić information content (AvgIpc) is 3.19. The number of fused-ring (bicyclic) bond motifs is 1. The molecule has 0 aromatic heterocycles. The molecule has 2 nitrogen and oxygen atoms in total. The summed E-state index contributed by atoms with van der Waals surface area (Å²) in [4.78, 5) is 12.0. The van der Waals surface area contributed by atoms with Crippen LogP contribution in [0.15, 0.2) is 36.4 Å². The van der Waals surface area contributed by atoms with E-state index in [0.717, 1.165) is 19.3 Å². The highest BCUT2D eigenvalue weighted by Crippen LogP contribution is 2.61. The van der Waals surface area contributed by atoms with E-state index in [1.165, 1.54) is 24.0 Å². The number of ether oxygens (including phenoxy) is 1. The van der Waals surface area contributed by atoms with Gasteiger partial charge in [-0.3, -0.25) is 0 Å². The van der Waals surface area contributed by atoms with Gasteiger partial charge in [-0.15, -0.1) is 0 Å². The average molecular weight is 270 g/mol. The summed E-state index contributed by atoms with van der Waals surface area (Å²) in [5.74, 6) is -0.252. The van der Waals surface area contributed by atoms with Gasteiger partial charge in [0.25, 0.3) is 0 Å². The summed E-state index contributed by atoms with van der Waals surface area (Å²) in [5, 5.41) is 0. The molecule has 2 aliphatic carbocycles. The maximum absolute atomic E-state index is 12.0. The van der Waals surface area contributed by atoms with Crippen LogP contribution in [0.1, 0.15) is 44.2 Å². The molecule has 1 saturated carbocycles. The van der Waals surface area contributed by atoms with E-state index in [1.54, 1.807) is 6.92 Å². The normalized spacial score (nSPS) is 26.5. The zero-order chi connectivity index (χ0) is 14.4. The Balaban J connectivity index is 1.95. The van der Waals surface area contributed by atoms with Crippen LogP contribution in [0.3, 0.4) is 0 Å². The summed E-state index contributed by atoms with van der Waals surface area (Å²) in [6.45, 7) is 7.55. The highest BCUT2D eigenvalue weighted by molar-refractivity contribution is 5.87. The minimum Gasteiger partial charge on any atom is -0.455 e. The third kappa shape index (κ3) is 2.07. The quantitative estimate of drug-likeness (QED) is 0.603. The lowest BCUT2D eigenvalue weighted by Gasteiger charge is -2.37. The molecule has 0 heterocycles. The second-order valence-corrected chi connectivity index (χ2v) is 6.63. The number of aryl methyl sites for hydroxylation is 1. The van der Waals surface area contributed by atoms with Gasteiger partial charge in [-0.2, -0.15) is 0 Å². The molecule has 1 aromatic carbocycles. The third-order valence-corrected chi connectivity index (χ3v) is 5.16. The van der Waals surface area contributed by atoms with Crippen LogP contribution < -0.4 is 0 Å². The van der Waals surface area contributed by atoms with E-state index in [0.29, 0.717) is 5.57 Å². The summed E-state index contributed by atoms with van der Waals surface area (Å²) in [6, 6.07) is 8.55. The topological polar surface area (TPSA) is 26.3 Å². The summed E-state index contributed by atoms with van der Waals surface area (Å²) in [6.07, 6.45) is 5.37. The molecule has 2 heteroatoms. The highest BCUT2D eigenvalue weighted by atomic mass is 16.6. The Bertz CT molecular complexity index is 569. The van der Waals surface area contributed by atoms with E-state index in [1.807, 2.05) is 0 Å². The van der Waals surface area contributed by atoms with Crippen molar-refractivity contribution in [2.24, 2.45) is 5.41 Å². The molecule has 0 saturated heterocycles. The monoisotopic (exact) mass is 270 g/mol. The molecule has 106 valence electrons. The van der Waals surface area contributed by atoms with E-state index < -0.39 is 5.60 Å². The first-order valence-electron chi connectivity index (χ1n) is 7.41. The Hall–Kier alpha value is -1.57. The van der Waals surface area contributed by atoms with Gasteiger partial charge in [0.1, 0.15) is 5.60 Å². The number of esters is 1. The van der Waals surface area contributed by atoms with Crippen molar-refractivity contribution in [1.82, 2.24) is 0 Å². The molecule has 1 unspecified atom stereocenters. The van der Waals surface area contributed by atoms with E-state index >= 15 is 0 Å². The van der Waals surface area contributed by atoms with Crippen LogP contribution in [0.5, 0.6) is 0 Å². The van der Waals surface area contributed by atoms with Crippen LogP contribution in [-0.2, 0) is 22.4 Å². The minimum absolute atomic E-state index is 0.178. The number of carbonyl (C=O) groups excluding carboxylic acids is 1. The molecular formula is C18H22O2. The van der Waals surface area contributed by atoms with E-state index in [4.69, 9.17) is 4.74 Å². The van der Waals surface area contributed by atoms with Crippen LogP contribution in [0.25, 0.3) is 0 Å². The van der Waals surface area contributed by atoms with Crippen LogP contribution in [0, 0.1) is 5.41 Å². The summed E-state index contributed by atoms with van der Waals surface area (Å²) in [7, 11) is 0. The molecule has 0 aliphatic heterocycles. The fourth-order valence-electron chi connectivity index (χ4n) is 3.53. The smallest absolute Gasteiger partial charge is 0.333 e. The Morgan fingerprint density at radius 1 is 1.20 bits per heavy atom. The zero-order valence-corrected chi connectivity index (χ0v) is 12.4. The maximum Gasteiger partial charge on any atom is 0.333 e. The molecule has 0 N–H and O–H groups in total. The van der Waals surface area contributed by atoms with Crippen molar-refractivity contribution in [3.8, 4) is 0 Å². The number of benzene rings is 1. The van der Waals surface area contributed by atoms with Crippen LogP contribution in [-0.4, -0.2) is 11.6 Å². The van der Waals surface area contributed by atoms with Crippen molar-refractivity contribution in [2.45, 2.75) is 51.6 Å². The third-order valence-electron chi connectivity index (χ3n) is 5.16. The lowest BCUT2D eigenvalue weighted by Crippen LogP contribution is -2.43. The Morgan fingerprint density at radius 2 is 1.85 bits per heavy atom. The zero-order valence-electron chi connectivity index (χ0n) is 12.4. The Kier molecular flexibility index (Phi) is 3.00. The standard InChI is InChI=1S/C18H22O2/c1-13(2)16(19)20-17(3)12-15-7-5-4-6-14(15)8-9-18(17)10-11-18/h4-7H,1,8-12H2,2-3H3. The highest BCUT2D eigenvalue weighted by Gasteiger charge is 2.59. The van der Waals surface area contributed by atoms with E-state index in [-0.39, 0.29) is 11.4 Å². The minimum atomic E-state index is -0.393. The summed E-state index contributed by atoms with van der Waals surface area (Å²) in [5.41, 5.74) is 3.01. The molecule has 0 amide bonds. The second kappa shape index (κ2) is 4.47. The van der Waals surface area contributed by atoms with Gasteiger partial charge >= 0.3 is 5.97 Å². The van der Waals surface area contributed by atoms with Gasteiger partial charge in [-0.1, -0.05) is 30.8 Å². The number of carbonyl (C=O) groups is 1. The van der Waals surface area contributed by atoms with Crippen LogP contribution in [0.2, 0.25) is 0 Å². The van der Waals surface area contributed by atoms with Gasteiger partial charge in [-0.05, 0) is 50.7 Å². The molecule has 1 spiro atoms. The number of rotatable bonds is 2.